The summed E-state index contributed by atoms with van der Waals surface area (Å²) in [6.45, 7) is 0.707. The molecular formula is C21H16N. The molecule has 0 N–H and O–H groups in total. The van der Waals surface area contributed by atoms with Crippen molar-refractivity contribution in [2.45, 2.75) is 6.54 Å². The Kier molecular flexibility index (Phi) is 3.24. The van der Waals surface area contributed by atoms with Crippen LogP contribution in [0.1, 0.15) is 5.56 Å². The number of fused-ring (bicyclic) bond motifs is 2. The lowest BCUT2D eigenvalue weighted by molar-refractivity contribution is 0.874. The minimum Gasteiger partial charge on any atom is -0.279 e. The third kappa shape index (κ3) is 2.31. The van der Waals surface area contributed by atoms with Crippen LogP contribution in [-0.2, 0) is 6.54 Å². The zero-order valence-corrected chi connectivity index (χ0v) is 12.2. The quantitative estimate of drug-likeness (QED) is 0.445. The van der Waals surface area contributed by atoms with Crippen molar-refractivity contribution in [1.29, 1.82) is 0 Å². The number of hydrogen-bond donors (Lipinski definition) is 0. The average Bonchev–Trinajstić information content (AvgIpc) is 2.59. The summed E-state index contributed by atoms with van der Waals surface area (Å²) in [4.78, 5) is 0. The molecule has 1 heteroatoms. The van der Waals surface area contributed by atoms with E-state index >= 15 is 0 Å². The van der Waals surface area contributed by atoms with E-state index in [1.807, 2.05) is 6.07 Å². The standard InChI is InChI=1S/C21H16N/c1-2-8-16(9-3-1)15-22-21-19-12-6-4-10-17(19)14-18-11-5-7-13-20(18)21/h1-14H,15H2. The maximum absolute atomic E-state index is 4.93. The smallest absolute Gasteiger partial charge is 0.0735 e. The Balaban J connectivity index is 1.85. The van der Waals surface area contributed by atoms with Gasteiger partial charge in [0.25, 0.3) is 0 Å². The van der Waals surface area contributed by atoms with E-state index < -0.39 is 0 Å². The Labute approximate surface area is 130 Å². The molecule has 0 heterocycles. The highest BCUT2D eigenvalue weighted by atomic mass is 14.9. The van der Waals surface area contributed by atoms with Gasteiger partial charge in [-0.05, 0) is 22.4 Å². The fourth-order valence-electron chi connectivity index (χ4n) is 2.91. The van der Waals surface area contributed by atoms with Gasteiger partial charge in [-0.25, -0.2) is 0 Å². The summed E-state index contributed by atoms with van der Waals surface area (Å²) >= 11 is 0. The van der Waals surface area contributed by atoms with Gasteiger partial charge in [0, 0.05) is 10.8 Å². The van der Waals surface area contributed by atoms with Crippen LogP contribution in [0.3, 0.4) is 0 Å². The van der Waals surface area contributed by atoms with Gasteiger partial charge in [-0.1, -0.05) is 78.9 Å². The molecule has 105 valence electrons. The van der Waals surface area contributed by atoms with Crippen molar-refractivity contribution in [2.24, 2.45) is 0 Å². The molecule has 4 aromatic rings. The summed E-state index contributed by atoms with van der Waals surface area (Å²) < 4.78 is 0. The predicted octanol–water partition coefficient (Wildman–Crippen LogP) is 5.43. The van der Waals surface area contributed by atoms with Gasteiger partial charge in [-0.3, -0.25) is 5.32 Å². The molecule has 0 aliphatic heterocycles. The second-order valence-corrected chi connectivity index (χ2v) is 5.47. The first kappa shape index (κ1) is 12.9. The Hall–Kier alpha value is -2.80. The summed E-state index contributed by atoms with van der Waals surface area (Å²) in [5, 5.41) is 9.86. The van der Waals surface area contributed by atoms with Gasteiger partial charge in [-0.2, -0.15) is 0 Å². The second-order valence-electron chi connectivity index (χ2n) is 5.47. The van der Waals surface area contributed by atoms with Crippen molar-refractivity contribution in [3.8, 4) is 0 Å². The van der Waals surface area contributed by atoms with Crippen LogP contribution < -0.4 is 5.32 Å². The Morgan fingerprint density at radius 2 is 1.14 bits per heavy atom. The second kappa shape index (κ2) is 5.53. The molecule has 1 nitrogen and oxygen atoms in total. The topological polar surface area (TPSA) is 14.1 Å². The third-order valence-corrected chi connectivity index (χ3v) is 4.01. The van der Waals surface area contributed by atoms with Crippen molar-refractivity contribution in [1.82, 2.24) is 5.32 Å². The minimum absolute atomic E-state index is 0.707. The molecule has 4 rings (SSSR count). The number of nitrogens with zero attached hydrogens (tertiary/aromatic N) is 1. The fraction of sp³-hybridized carbons (Fsp3) is 0.0476. The number of hydrogen-bond acceptors (Lipinski definition) is 0. The molecule has 0 spiro atoms. The maximum Gasteiger partial charge on any atom is 0.0735 e. The predicted molar refractivity (Wildman–Crippen MR) is 93.4 cm³/mol. The molecule has 0 saturated carbocycles. The normalized spacial score (nSPS) is 10.9. The van der Waals surface area contributed by atoms with E-state index in [0.717, 1.165) is 5.69 Å². The van der Waals surface area contributed by atoms with Crippen molar-refractivity contribution in [3.05, 3.63) is 90.5 Å². The molecule has 0 atom stereocenters. The van der Waals surface area contributed by atoms with Crippen molar-refractivity contribution in [3.63, 3.8) is 0 Å². The minimum atomic E-state index is 0.707. The van der Waals surface area contributed by atoms with Gasteiger partial charge >= 0.3 is 0 Å². The van der Waals surface area contributed by atoms with E-state index in [4.69, 9.17) is 5.32 Å². The number of rotatable bonds is 3. The van der Waals surface area contributed by atoms with Crippen LogP contribution in [-0.4, -0.2) is 0 Å². The highest BCUT2D eigenvalue weighted by Crippen LogP contribution is 2.33. The van der Waals surface area contributed by atoms with Crippen molar-refractivity contribution in [2.75, 3.05) is 0 Å². The van der Waals surface area contributed by atoms with Gasteiger partial charge in [0.1, 0.15) is 0 Å². The highest BCUT2D eigenvalue weighted by molar-refractivity contribution is 6.09. The SMILES string of the molecule is c1ccc(C[N]c2c3ccccc3cc3ccccc23)cc1. The van der Waals surface area contributed by atoms with Crippen LogP contribution in [0.25, 0.3) is 21.5 Å². The molecule has 0 aromatic heterocycles. The van der Waals surface area contributed by atoms with Crippen molar-refractivity contribution < 1.29 is 0 Å². The third-order valence-electron chi connectivity index (χ3n) is 4.01. The summed E-state index contributed by atoms with van der Waals surface area (Å²) in [6, 6.07) is 29.6. The van der Waals surface area contributed by atoms with E-state index in [0.29, 0.717) is 6.54 Å². The zero-order valence-electron chi connectivity index (χ0n) is 12.2. The van der Waals surface area contributed by atoms with Crippen LogP contribution >= 0.6 is 0 Å². The van der Waals surface area contributed by atoms with Crippen LogP contribution in [0.5, 0.6) is 0 Å². The van der Waals surface area contributed by atoms with Gasteiger partial charge in [0.2, 0.25) is 0 Å². The Morgan fingerprint density at radius 1 is 0.591 bits per heavy atom. The summed E-state index contributed by atoms with van der Waals surface area (Å²) in [7, 11) is 0. The average molecular weight is 282 g/mol. The van der Waals surface area contributed by atoms with Gasteiger partial charge in [0.15, 0.2) is 0 Å². The lowest BCUT2D eigenvalue weighted by atomic mass is 10.0. The lowest BCUT2D eigenvalue weighted by Crippen LogP contribution is -1.99. The molecular weight excluding hydrogens is 266 g/mol. The summed E-state index contributed by atoms with van der Waals surface area (Å²) in [6.07, 6.45) is 0. The molecule has 22 heavy (non-hydrogen) atoms. The zero-order chi connectivity index (χ0) is 14.8. The first-order chi connectivity index (χ1) is 10.9. The van der Waals surface area contributed by atoms with Crippen LogP contribution in [0.15, 0.2) is 84.9 Å². The summed E-state index contributed by atoms with van der Waals surface area (Å²) in [5.41, 5.74) is 2.33. The van der Waals surface area contributed by atoms with Gasteiger partial charge in [0.05, 0.1) is 12.2 Å². The molecule has 0 unspecified atom stereocenters. The van der Waals surface area contributed by atoms with Crippen LogP contribution in [0.2, 0.25) is 0 Å². The first-order valence-electron chi connectivity index (χ1n) is 7.54. The summed E-state index contributed by atoms with van der Waals surface area (Å²) in [5.74, 6) is 0. The molecule has 0 aliphatic carbocycles. The fourth-order valence-corrected chi connectivity index (χ4v) is 2.91. The van der Waals surface area contributed by atoms with E-state index in [9.17, 15) is 0 Å². The van der Waals surface area contributed by atoms with Crippen LogP contribution in [0, 0.1) is 0 Å². The van der Waals surface area contributed by atoms with E-state index in [1.54, 1.807) is 0 Å². The molecule has 0 amide bonds. The van der Waals surface area contributed by atoms with Crippen molar-refractivity contribution >= 4 is 27.2 Å². The maximum atomic E-state index is 4.93. The van der Waals surface area contributed by atoms with Gasteiger partial charge in [-0.15, -0.1) is 0 Å². The van der Waals surface area contributed by atoms with Gasteiger partial charge < -0.3 is 0 Å². The monoisotopic (exact) mass is 282 g/mol. The molecule has 0 bridgehead atoms. The molecule has 1 radical (unpaired) electrons. The number of benzene rings is 4. The molecule has 0 aliphatic rings. The molecule has 4 aromatic carbocycles. The highest BCUT2D eigenvalue weighted by Gasteiger charge is 2.08. The Morgan fingerprint density at radius 3 is 1.77 bits per heavy atom. The van der Waals surface area contributed by atoms with E-state index in [2.05, 4.69) is 78.9 Å². The lowest BCUT2D eigenvalue weighted by Gasteiger charge is -2.11. The van der Waals surface area contributed by atoms with Crippen LogP contribution in [0.4, 0.5) is 5.69 Å². The van der Waals surface area contributed by atoms with E-state index in [-0.39, 0.29) is 0 Å². The molecule has 0 saturated heterocycles. The Bertz CT molecular complexity index is 872. The van der Waals surface area contributed by atoms with E-state index in [1.165, 1.54) is 27.1 Å². The first-order valence-corrected chi connectivity index (χ1v) is 7.54. The molecule has 0 fully saturated rings. The largest absolute Gasteiger partial charge is 0.279 e.